The van der Waals surface area contributed by atoms with Gasteiger partial charge < -0.3 is 14.7 Å². The van der Waals surface area contributed by atoms with E-state index in [0.29, 0.717) is 13.2 Å². The van der Waals surface area contributed by atoms with E-state index in [1.165, 1.54) is 4.88 Å². The number of anilines is 1. The van der Waals surface area contributed by atoms with Crippen molar-refractivity contribution in [2.24, 2.45) is 0 Å². The molecule has 1 N–H and O–H groups in total. The highest BCUT2D eigenvalue weighted by atomic mass is 35.5. The smallest absolute Gasteiger partial charge is 0.225 e. The van der Waals surface area contributed by atoms with Gasteiger partial charge in [0.05, 0.1) is 24.7 Å². The minimum Gasteiger partial charge on any atom is -0.394 e. The Morgan fingerprint density at radius 2 is 2.42 bits per heavy atom. The molecule has 1 aliphatic rings. The Labute approximate surface area is 119 Å². The van der Waals surface area contributed by atoms with E-state index in [9.17, 15) is 5.11 Å². The van der Waals surface area contributed by atoms with Gasteiger partial charge in [0.15, 0.2) is 0 Å². The highest BCUT2D eigenvalue weighted by Gasteiger charge is 2.23. The van der Waals surface area contributed by atoms with Gasteiger partial charge in [0.25, 0.3) is 0 Å². The Hall–Kier alpha value is -0.950. The largest absolute Gasteiger partial charge is 0.394 e. The lowest BCUT2D eigenvalue weighted by Gasteiger charge is -2.33. The number of aliphatic hydroxyl groups excluding tert-OH is 1. The monoisotopic (exact) mass is 299 g/mol. The van der Waals surface area contributed by atoms with Gasteiger partial charge in [-0.05, 0) is 24.6 Å². The van der Waals surface area contributed by atoms with Gasteiger partial charge in [-0.2, -0.15) is 4.98 Å². The van der Waals surface area contributed by atoms with E-state index in [2.05, 4.69) is 20.9 Å². The number of aryl methyl sites for hydroxylation is 1. The number of halogens is 1. The minimum absolute atomic E-state index is 0.0150. The second-order valence-electron chi connectivity index (χ2n) is 4.51. The standard InChI is InChI=1S/C12H14ClN3O2S/c1-7-4-9-10(14-12(13)15-11(9)19-7)16-2-3-18-8(5-16)6-17/h4,8,17H,2-3,5-6H2,1H3. The van der Waals surface area contributed by atoms with Gasteiger partial charge >= 0.3 is 0 Å². The third kappa shape index (κ3) is 2.53. The summed E-state index contributed by atoms with van der Waals surface area (Å²) in [6, 6.07) is 2.08. The number of hydrogen-bond donors (Lipinski definition) is 1. The van der Waals surface area contributed by atoms with Gasteiger partial charge in [-0.3, -0.25) is 0 Å². The van der Waals surface area contributed by atoms with Crippen molar-refractivity contribution in [1.29, 1.82) is 0 Å². The first-order chi connectivity index (χ1) is 9.17. The maximum Gasteiger partial charge on any atom is 0.225 e. The molecule has 0 bridgehead atoms. The molecule has 5 nitrogen and oxygen atoms in total. The summed E-state index contributed by atoms with van der Waals surface area (Å²) in [6.07, 6.45) is -0.169. The van der Waals surface area contributed by atoms with E-state index in [0.717, 1.165) is 22.6 Å². The number of rotatable bonds is 2. The van der Waals surface area contributed by atoms with Crippen molar-refractivity contribution in [3.05, 3.63) is 16.2 Å². The van der Waals surface area contributed by atoms with Crippen molar-refractivity contribution in [3.8, 4) is 0 Å². The van der Waals surface area contributed by atoms with Crippen LogP contribution in [0, 0.1) is 6.92 Å². The molecule has 3 rings (SSSR count). The topological polar surface area (TPSA) is 58.5 Å². The summed E-state index contributed by atoms with van der Waals surface area (Å²) in [7, 11) is 0. The fourth-order valence-corrected chi connectivity index (χ4v) is 3.35. The van der Waals surface area contributed by atoms with E-state index in [1.807, 2.05) is 6.92 Å². The normalized spacial score (nSPS) is 20.2. The van der Waals surface area contributed by atoms with Gasteiger partial charge in [0.2, 0.25) is 5.28 Å². The number of ether oxygens (including phenoxy) is 1. The molecule has 0 saturated carbocycles. The fraction of sp³-hybridized carbons (Fsp3) is 0.500. The summed E-state index contributed by atoms with van der Waals surface area (Å²) >= 11 is 7.61. The Balaban J connectivity index is 2.03. The van der Waals surface area contributed by atoms with Crippen molar-refractivity contribution in [2.45, 2.75) is 13.0 Å². The number of aliphatic hydroxyl groups is 1. The third-order valence-electron chi connectivity index (χ3n) is 3.11. The van der Waals surface area contributed by atoms with Crippen molar-refractivity contribution in [2.75, 3.05) is 31.2 Å². The van der Waals surface area contributed by atoms with Crippen molar-refractivity contribution in [3.63, 3.8) is 0 Å². The Morgan fingerprint density at radius 3 is 3.21 bits per heavy atom. The molecule has 2 aromatic rings. The predicted octanol–water partition coefficient (Wildman–Crippen LogP) is 1.85. The van der Waals surface area contributed by atoms with Crippen LogP contribution < -0.4 is 4.90 Å². The molecular weight excluding hydrogens is 286 g/mol. The molecule has 7 heteroatoms. The van der Waals surface area contributed by atoms with Gasteiger partial charge in [0, 0.05) is 18.0 Å². The quantitative estimate of drug-likeness (QED) is 0.858. The molecule has 0 amide bonds. The van der Waals surface area contributed by atoms with Gasteiger partial charge in [0.1, 0.15) is 10.6 Å². The van der Waals surface area contributed by atoms with Crippen LogP contribution in [-0.2, 0) is 4.74 Å². The van der Waals surface area contributed by atoms with Crippen molar-refractivity contribution in [1.82, 2.24) is 9.97 Å². The average molecular weight is 300 g/mol. The Kier molecular flexibility index (Phi) is 3.58. The van der Waals surface area contributed by atoms with Crippen LogP contribution in [0.5, 0.6) is 0 Å². The van der Waals surface area contributed by atoms with Gasteiger partial charge in [-0.1, -0.05) is 0 Å². The third-order valence-corrected chi connectivity index (χ3v) is 4.22. The molecule has 1 fully saturated rings. The molecular formula is C12H14ClN3O2S. The lowest BCUT2D eigenvalue weighted by molar-refractivity contribution is 0.00344. The number of aromatic nitrogens is 2. The highest BCUT2D eigenvalue weighted by molar-refractivity contribution is 7.18. The van der Waals surface area contributed by atoms with Crippen molar-refractivity contribution >= 4 is 39.0 Å². The van der Waals surface area contributed by atoms with E-state index in [4.69, 9.17) is 16.3 Å². The van der Waals surface area contributed by atoms with E-state index < -0.39 is 0 Å². The van der Waals surface area contributed by atoms with Crippen LogP contribution in [0.4, 0.5) is 5.82 Å². The van der Waals surface area contributed by atoms with E-state index >= 15 is 0 Å². The zero-order valence-electron chi connectivity index (χ0n) is 10.5. The molecule has 0 radical (unpaired) electrons. The van der Waals surface area contributed by atoms with E-state index in [-0.39, 0.29) is 18.0 Å². The summed E-state index contributed by atoms with van der Waals surface area (Å²) < 4.78 is 5.46. The summed E-state index contributed by atoms with van der Waals surface area (Å²) in [5, 5.41) is 10.5. The summed E-state index contributed by atoms with van der Waals surface area (Å²) in [5.74, 6) is 0.834. The number of morpholine rings is 1. The van der Waals surface area contributed by atoms with Crippen molar-refractivity contribution < 1.29 is 9.84 Å². The molecule has 0 spiro atoms. The lowest BCUT2D eigenvalue weighted by atomic mass is 10.2. The maximum atomic E-state index is 9.22. The molecule has 3 heterocycles. The second kappa shape index (κ2) is 5.20. The van der Waals surface area contributed by atoms with Crippen LogP contribution in [0.2, 0.25) is 5.28 Å². The first-order valence-electron chi connectivity index (χ1n) is 6.08. The molecule has 19 heavy (non-hydrogen) atoms. The first kappa shape index (κ1) is 13.1. The zero-order chi connectivity index (χ0) is 13.4. The number of hydrogen-bond acceptors (Lipinski definition) is 6. The first-order valence-corrected chi connectivity index (χ1v) is 7.28. The predicted molar refractivity (Wildman–Crippen MR) is 76.2 cm³/mol. The van der Waals surface area contributed by atoms with Crippen LogP contribution in [0.3, 0.4) is 0 Å². The number of thiophene rings is 1. The summed E-state index contributed by atoms with van der Waals surface area (Å²) in [6.45, 7) is 4.00. The van der Waals surface area contributed by atoms with E-state index in [1.54, 1.807) is 11.3 Å². The van der Waals surface area contributed by atoms with Crippen LogP contribution in [-0.4, -0.2) is 47.5 Å². The molecule has 0 aromatic carbocycles. The Bertz CT molecular complexity index is 604. The van der Waals surface area contributed by atoms with Crippen LogP contribution in [0.25, 0.3) is 10.2 Å². The van der Waals surface area contributed by atoms with Crippen LogP contribution >= 0.6 is 22.9 Å². The zero-order valence-corrected chi connectivity index (χ0v) is 12.0. The molecule has 1 saturated heterocycles. The van der Waals surface area contributed by atoms with Crippen LogP contribution in [0.15, 0.2) is 6.07 Å². The van der Waals surface area contributed by atoms with Gasteiger partial charge in [-0.25, -0.2) is 4.98 Å². The molecule has 1 unspecified atom stereocenters. The summed E-state index contributed by atoms with van der Waals surface area (Å²) in [4.78, 5) is 12.8. The fourth-order valence-electron chi connectivity index (χ4n) is 2.26. The SMILES string of the molecule is Cc1cc2c(N3CCOC(CO)C3)nc(Cl)nc2s1. The number of nitrogens with zero attached hydrogens (tertiary/aromatic N) is 3. The molecule has 1 atom stereocenters. The molecule has 0 aliphatic carbocycles. The summed E-state index contributed by atoms with van der Waals surface area (Å²) in [5.41, 5.74) is 0. The van der Waals surface area contributed by atoms with Crippen LogP contribution in [0.1, 0.15) is 4.88 Å². The number of fused-ring (bicyclic) bond motifs is 1. The molecule has 1 aliphatic heterocycles. The molecule has 102 valence electrons. The maximum absolute atomic E-state index is 9.22. The average Bonchev–Trinajstić information content (AvgIpc) is 2.78. The highest BCUT2D eigenvalue weighted by Crippen LogP contribution is 2.32. The second-order valence-corrected chi connectivity index (χ2v) is 6.09. The van der Waals surface area contributed by atoms with Gasteiger partial charge in [-0.15, -0.1) is 11.3 Å². The molecule has 2 aromatic heterocycles. The Morgan fingerprint density at radius 1 is 1.58 bits per heavy atom. The lowest BCUT2D eigenvalue weighted by Crippen LogP contribution is -2.44. The minimum atomic E-state index is -0.169.